The van der Waals surface area contributed by atoms with E-state index in [1.807, 2.05) is 6.07 Å². The van der Waals surface area contributed by atoms with Crippen LogP contribution >= 0.6 is 11.6 Å². The summed E-state index contributed by atoms with van der Waals surface area (Å²) in [6.45, 7) is 2.17. The molecule has 1 aromatic carbocycles. The predicted octanol–water partition coefficient (Wildman–Crippen LogP) is 3.46. The molecule has 1 aliphatic rings. The molecule has 0 bridgehead atoms. The van der Waals surface area contributed by atoms with Gasteiger partial charge in [-0.3, -0.25) is 0 Å². The molecule has 0 aromatic heterocycles. The molecule has 1 aromatic rings. The van der Waals surface area contributed by atoms with Gasteiger partial charge >= 0.3 is 0 Å². The van der Waals surface area contributed by atoms with Gasteiger partial charge in [0.15, 0.2) is 0 Å². The summed E-state index contributed by atoms with van der Waals surface area (Å²) in [7, 11) is -3.58. The zero-order valence-corrected chi connectivity index (χ0v) is 13.5. The molecule has 0 saturated heterocycles. The Balaban J connectivity index is 2.09. The zero-order valence-electron chi connectivity index (χ0n) is 12.0. The van der Waals surface area contributed by atoms with Gasteiger partial charge in [0.05, 0.1) is 15.5 Å². The zero-order chi connectivity index (χ0) is 15.5. The molecule has 4 nitrogen and oxygen atoms in total. The van der Waals surface area contributed by atoms with Gasteiger partial charge in [-0.2, -0.15) is 5.26 Å². The number of nitriles is 1. The van der Waals surface area contributed by atoms with Crippen molar-refractivity contribution in [2.75, 3.05) is 0 Å². The molecular weight excluding hydrogens is 308 g/mol. The maximum absolute atomic E-state index is 12.4. The van der Waals surface area contributed by atoms with E-state index in [0.717, 1.165) is 38.0 Å². The van der Waals surface area contributed by atoms with E-state index in [1.54, 1.807) is 0 Å². The number of hydrogen-bond acceptors (Lipinski definition) is 3. The lowest BCUT2D eigenvalue weighted by molar-refractivity contribution is 0.306. The Hall–Kier alpha value is -1.09. The van der Waals surface area contributed by atoms with E-state index in [9.17, 15) is 8.42 Å². The highest BCUT2D eigenvalue weighted by molar-refractivity contribution is 7.89. The van der Waals surface area contributed by atoms with Gasteiger partial charge in [-0.15, -0.1) is 0 Å². The topological polar surface area (TPSA) is 70.0 Å². The van der Waals surface area contributed by atoms with Crippen molar-refractivity contribution in [1.29, 1.82) is 5.26 Å². The molecule has 6 heteroatoms. The fourth-order valence-electron chi connectivity index (χ4n) is 2.73. The Bertz CT molecular complexity index is 644. The number of sulfonamides is 1. The SMILES string of the molecule is CCC1CCC(NS(=O)(=O)c2ccc(C#N)c(Cl)c2)CC1. The summed E-state index contributed by atoms with van der Waals surface area (Å²) in [6, 6.07) is 6.10. The molecule has 0 radical (unpaired) electrons. The first-order valence-electron chi connectivity index (χ1n) is 7.18. The van der Waals surface area contributed by atoms with Crippen molar-refractivity contribution in [3.05, 3.63) is 28.8 Å². The number of rotatable bonds is 4. The maximum atomic E-state index is 12.4. The largest absolute Gasteiger partial charge is 0.240 e. The molecule has 1 saturated carbocycles. The minimum absolute atomic E-state index is 0.00720. The second-order valence-electron chi connectivity index (χ2n) is 5.50. The van der Waals surface area contributed by atoms with Crippen molar-refractivity contribution in [2.24, 2.45) is 5.92 Å². The molecule has 0 aliphatic heterocycles. The van der Waals surface area contributed by atoms with Gasteiger partial charge in [0, 0.05) is 6.04 Å². The molecule has 0 atom stereocenters. The Morgan fingerprint density at radius 2 is 2.00 bits per heavy atom. The van der Waals surface area contributed by atoms with E-state index in [1.165, 1.54) is 18.2 Å². The number of nitrogens with zero attached hydrogens (tertiary/aromatic N) is 1. The van der Waals surface area contributed by atoms with Crippen molar-refractivity contribution in [3.63, 3.8) is 0 Å². The number of benzene rings is 1. The van der Waals surface area contributed by atoms with Gasteiger partial charge in [0.25, 0.3) is 0 Å². The summed E-state index contributed by atoms with van der Waals surface area (Å²) in [6.07, 6.45) is 5.05. The van der Waals surface area contributed by atoms with Gasteiger partial charge in [-0.1, -0.05) is 24.9 Å². The fraction of sp³-hybridized carbons (Fsp3) is 0.533. The van der Waals surface area contributed by atoms with E-state index in [-0.39, 0.29) is 21.5 Å². The molecule has 1 N–H and O–H groups in total. The normalized spacial score (nSPS) is 22.7. The lowest BCUT2D eigenvalue weighted by atomic mass is 9.85. The van der Waals surface area contributed by atoms with Crippen LogP contribution in [0.2, 0.25) is 5.02 Å². The lowest BCUT2D eigenvalue weighted by Crippen LogP contribution is -2.37. The molecule has 114 valence electrons. The van der Waals surface area contributed by atoms with E-state index >= 15 is 0 Å². The number of halogens is 1. The molecule has 0 heterocycles. The first kappa shape index (κ1) is 16.3. The van der Waals surface area contributed by atoms with Crippen LogP contribution in [0.4, 0.5) is 0 Å². The third kappa shape index (κ3) is 3.97. The highest BCUT2D eigenvalue weighted by Crippen LogP contribution is 2.28. The smallest absolute Gasteiger partial charge is 0.208 e. The van der Waals surface area contributed by atoms with E-state index in [4.69, 9.17) is 16.9 Å². The molecule has 0 spiro atoms. The molecule has 0 amide bonds. The summed E-state index contributed by atoms with van der Waals surface area (Å²) < 4.78 is 27.5. The van der Waals surface area contributed by atoms with Crippen molar-refractivity contribution >= 4 is 21.6 Å². The lowest BCUT2D eigenvalue weighted by Gasteiger charge is -2.28. The van der Waals surface area contributed by atoms with Crippen LogP contribution in [0.5, 0.6) is 0 Å². The van der Waals surface area contributed by atoms with Gasteiger partial charge in [-0.05, 0) is 49.8 Å². The summed E-state index contributed by atoms with van der Waals surface area (Å²) in [4.78, 5) is 0.115. The Labute approximate surface area is 131 Å². The van der Waals surface area contributed by atoms with Gasteiger partial charge in [0.2, 0.25) is 10.0 Å². The minimum Gasteiger partial charge on any atom is -0.208 e. The number of nitrogens with one attached hydrogen (secondary N) is 1. The highest BCUT2D eigenvalue weighted by atomic mass is 35.5. The Kier molecular flexibility index (Phi) is 5.26. The third-order valence-electron chi connectivity index (χ3n) is 4.12. The average molecular weight is 327 g/mol. The first-order chi connectivity index (χ1) is 9.96. The number of hydrogen-bond donors (Lipinski definition) is 1. The Morgan fingerprint density at radius 1 is 1.33 bits per heavy atom. The summed E-state index contributed by atoms with van der Waals surface area (Å²) >= 11 is 5.90. The van der Waals surface area contributed by atoms with Crippen molar-refractivity contribution in [1.82, 2.24) is 4.72 Å². The van der Waals surface area contributed by atoms with E-state index in [0.29, 0.717) is 0 Å². The van der Waals surface area contributed by atoms with Crippen LogP contribution in [0.1, 0.15) is 44.6 Å². The van der Waals surface area contributed by atoms with Crippen LogP contribution in [-0.2, 0) is 10.0 Å². The molecular formula is C15H19ClN2O2S. The summed E-state index contributed by atoms with van der Waals surface area (Å²) in [5, 5.41) is 8.98. The van der Waals surface area contributed by atoms with Gasteiger partial charge < -0.3 is 0 Å². The molecule has 21 heavy (non-hydrogen) atoms. The van der Waals surface area contributed by atoms with E-state index in [2.05, 4.69) is 11.6 Å². The van der Waals surface area contributed by atoms with Crippen LogP contribution in [0.25, 0.3) is 0 Å². The standard InChI is InChI=1S/C15H19ClN2O2S/c1-2-11-3-6-13(7-4-11)18-21(19,20)14-8-5-12(10-17)15(16)9-14/h5,8-9,11,13,18H,2-4,6-7H2,1H3. The quantitative estimate of drug-likeness (QED) is 0.921. The van der Waals surface area contributed by atoms with Crippen LogP contribution in [0.15, 0.2) is 23.1 Å². The monoisotopic (exact) mass is 326 g/mol. The average Bonchev–Trinajstić information content (AvgIpc) is 2.47. The molecule has 0 unspecified atom stereocenters. The van der Waals surface area contributed by atoms with Crippen molar-refractivity contribution in [3.8, 4) is 6.07 Å². The third-order valence-corrected chi connectivity index (χ3v) is 5.95. The van der Waals surface area contributed by atoms with Crippen LogP contribution < -0.4 is 4.72 Å². The van der Waals surface area contributed by atoms with Crippen LogP contribution in [0, 0.1) is 17.2 Å². The second kappa shape index (κ2) is 6.78. The summed E-state index contributed by atoms with van der Waals surface area (Å²) in [5.41, 5.74) is 0.277. The van der Waals surface area contributed by atoms with Crippen molar-refractivity contribution < 1.29 is 8.42 Å². The van der Waals surface area contributed by atoms with Gasteiger partial charge in [0.1, 0.15) is 6.07 Å². The first-order valence-corrected chi connectivity index (χ1v) is 9.04. The summed E-state index contributed by atoms with van der Waals surface area (Å²) in [5.74, 6) is 0.718. The molecule has 1 fully saturated rings. The van der Waals surface area contributed by atoms with Crippen molar-refractivity contribution in [2.45, 2.75) is 50.0 Å². The molecule has 1 aliphatic carbocycles. The fourth-order valence-corrected chi connectivity index (χ4v) is 4.35. The van der Waals surface area contributed by atoms with E-state index < -0.39 is 10.0 Å². The minimum atomic E-state index is -3.58. The second-order valence-corrected chi connectivity index (χ2v) is 7.62. The van der Waals surface area contributed by atoms with Gasteiger partial charge in [-0.25, -0.2) is 13.1 Å². The molecule has 2 rings (SSSR count). The maximum Gasteiger partial charge on any atom is 0.240 e. The van der Waals surface area contributed by atoms with Crippen LogP contribution in [-0.4, -0.2) is 14.5 Å². The highest BCUT2D eigenvalue weighted by Gasteiger charge is 2.25. The van der Waals surface area contributed by atoms with Crippen LogP contribution in [0.3, 0.4) is 0 Å². The Morgan fingerprint density at radius 3 is 2.52 bits per heavy atom. The predicted molar refractivity (Wildman–Crippen MR) is 82.5 cm³/mol.